The maximum Gasteiger partial charge on any atom is 0.258 e. The van der Waals surface area contributed by atoms with Crippen LogP contribution in [-0.4, -0.2) is 31.5 Å². The van der Waals surface area contributed by atoms with Crippen LogP contribution in [0.4, 0.5) is 0 Å². The molecule has 0 saturated carbocycles. The second kappa shape index (κ2) is 9.00. The quantitative estimate of drug-likeness (QED) is 0.768. The zero-order chi connectivity index (χ0) is 15.7. The highest BCUT2D eigenvalue weighted by molar-refractivity contribution is 5.85. The zero-order valence-electron chi connectivity index (χ0n) is 12.9. The van der Waals surface area contributed by atoms with E-state index in [0.29, 0.717) is 18.2 Å². The summed E-state index contributed by atoms with van der Waals surface area (Å²) >= 11 is 0. The molecular formula is C16H24N2O3. The van der Waals surface area contributed by atoms with E-state index >= 15 is 0 Å². The van der Waals surface area contributed by atoms with Crippen LogP contribution in [0.5, 0.6) is 5.75 Å². The first-order chi connectivity index (χ1) is 10.0. The molecule has 1 rings (SSSR count). The molecule has 5 nitrogen and oxygen atoms in total. The molecule has 0 saturated heterocycles. The smallest absolute Gasteiger partial charge is 0.258 e. The first-order valence-corrected chi connectivity index (χ1v) is 7.29. The third-order valence-electron chi connectivity index (χ3n) is 2.91. The van der Waals surface area contributed by atoms with Gasteiger partial charge in [-0.15, -0.1) is 0 Å². The van der Waals surface area contributed by atoms with Crippen LogP contribution in [0.1, 0.15) is 38.7 Å². The second-order valence-corrected chi connectivity index (χ2v) is 5.14. The number of hydrogen-bond acceptors (Lipinski definition) is 3. The Morgan fingerprint density at radius 2 is 1.95 bits per heavy atom. The topological polar surface area (TPSA) is 67.4 Å². The molecule has 1 aromatic rings. The molecule has 0 bridgehead atoms. The van der Waals surface area contributed by atoms with E-state index in [9.17, 15) is 9.59 Å². The van der Waals surface area contributed by atoms with Gasteiger partial charge in [-0.25, -0.2) is 0 Å². The fourth-order valence-electron chi connectivity index (χ4n) is 1.67. The molecule has 21 heavy (non-hydrogen) atoms. The number of carbonyl (C=O) groups excluding carboxylic acids is 2. The summed E-state index contributed by atoms with van der Waals surface area (Å²) in [4.78, 5) is 22.9. The van der Waals surface area contributed by atoms with E-state index < -0.39 is 0 Å². The standard InChI is InChI=1S/C16H24N2O3/c1-4-8-17-15(19)10-18-16(20)11-21-14-7-5-6-13(9-14)12(2)3/h5-7,9,12H,4,8,10-11H2,1-3H3,(H,17,19)(H,18,20). The monoisotopic (exact) mass is 292 g/mol. The summed E-state index contributed by atoms with van der Waals surface area (Å²) in [6.07, 6.45) is 0.870. The normalized spacial score (nSPS) is 10.3. The van der Waals surface area contributed by atoms with Gasteiger partial charge in [-0.3, -0.25) is 9.59 Å². The van der Waals surface area contributed by atoms with Crippen molar-refractivity contribution in [2.45, 2.75) is 33.1 Å². The van der Waals surface area contributed by atoms with Gasteiger partial charge in [0.25, 0.3) is 5.91 Å². The van der Waals surface area contributed by atoms with Crippen LogP contribution in [0.2, 0.25) is 0 Å². The summed E-state index contributed by atoms with van der Waals surface area (Å²) in [5.74, 6) is 0.569. The summed E-state index contributed by atoms with van der Waals surface area (Å²) < 4.78 is 5.43. The van der Waals surface area contributed by atoms with Gasteiger partial charge in [-0.05, 0) is 30.0 Å². The van der Waals surface area contributed by atoms with E-state index in [1.807, 2.05) is 31.2 Å². The van der Waals surface area contributed by atoms with E-state index in [0.717, 1.165) is 12.0 Å². The lowest BCUT2D eigenvalue weighted by Gasteiger charge is -2.10. The highest BCUT2D eigenvalue weighted by Crippen LogP contribution is 2.19. The molecule has 5 heteroatoms. The minimum atomic E-state index is -0.309. The summed E-state index contributed by atoms with van der Waals surface area (Å²) in [5, 5.41) is 5.21. The lowest BCUT2D eigenvalue weighted by atomic mass is 10.0. The van der Waals surface area contributed by atoms with Crippen LogP contribution >= 0.6 is 0 Å². The largest absolute Gasteiger partial charge is 0.484 e. The molecule has 116 valence electrons. The maximum atomic E-state index is 11.6. The fourth-order valence-corrected chi connectivity index (χ4v) is 1.67. The second-order valence-electron chi connectivity index (χ2n) is 5.14. The van der Waals surface area contributed by atoms with Crippen molar-refractivity contribution < 1.29 is 14.3 Å². The van der Waals surface area contributed by atoms with Gasteiger partial charge in [0, 0.05) is 6.54 Å². The Labute approximate surface area is 126 Å². The van der Waals surface area contributed by atoms with E-state index in [1.54, 1.807) is 0 Å². The van der Waals surface area contributed by atoms with E-state index in [2.05, 4.69) is 24.5 Å². The lowest BCUT2D eigenvalue weighted by Crippen LogP contribution is -2.39. The SMILES string of the molecule is CCCNC(=O)CNC(=O)COc1cccc(C(C)C)c1. The van der Waals surface area contributed by atoms with Gasteiger partial charge in [-0.2, -0.15) is 0 Å². The van der Waals surface area contributed by atoms with Crippen molar-refractivity contribution in [1.29, 1.82) is 0 Å². The average molecular weight is 292 g/mol. The number of carbonyl (C=O) groups is 2. The van der Waals surface area contributed by atoms with Crippen LogP contribution in [0.3, 0.4) is 0 Å². The Hall–Kier alpha value is -2.04. The molecule has 0 unspecified atom stereocenters. The highest BCUT2D eigenvalue weighted by Gasteiger charge is 2.06. The van der Waals surface area contributed by atoms with Crippen LogP contribution in [-0.2, 0) is 9.59 Å². The summed E-state index contributed by atoms with van der Waals surface area (Å²) in [6.45, 7) is 6.67. The van der Waals surface area contributed by atoms with Gasteiger partial charge in [-0.1, -0.05) is 32.9 Å². The molecule has 0 atom stereocenters. The number of amides is 2. The van der Waals surface area contributed by atoms with Crippen molar-refractivity contribution in [3.05, 3.63) is 29.8 Å². The first-order valence-electron chi connectivity index (χ1n) is 7.29. The predicted molar refractivity (Wildman–Crippen MR) is 82.3 cm³/mol. The van der Waals surface area contributed by atoms with Gasteiger partial charge in [0.1, 0.15) is 5.75 Å². The summed E-state index contributed by atoms with van der Waals surface area (Å²) in [7, 11) is 0. The van der Waals surface area contributed by atoms with Gasteiger partial charge < -0.3 is 15.4 Å². The Kier molecular flexibility index (Phi) is 7.29. The Balaban J connectivity index is 2.33. The maximum absolute atomic E-state index is 11.6. The van der Waals surface area contributed by atoms with Gasteiger partial charge >= 0.3 is 0 Å². The van der Waals surface area contributed by atoms with Crippen LogP contribution in [0.25, 0.3) is 0 Å². The number of rotatable bonds is 8. The van der Waals surface area contributed by atoms with Crippen LogP contribution in [0, 0.1) is 0 Å². The predicted octanol–water partition coefficient (Wildman–Crippen LogP) is 1.83. The van der Waals surface area contributed by atoms with Crippen LogP contribution in [0.15, 0.2) is 24.3 Å². The molecule has 2 amide bonds. The number of benzene rings is 1. The van der Waals surface area contributed by atoms with Crippen molar-refractivity contribution >= 4 is 11.8 Å². The van der Waals surface area contributed by atoms with Gasteiger partial charge in [0.05, 0.1) is 6.54 Å². The Bertz CT molecular complexity index is 472. The third-order valence-corrected chi connectivity index (χ3v) is 2.91. The van der Waals surface area contributed by atoms with E-state index in [1.165, 1.54) is 0 Å². The highest BCUT2D eigenvalue weighted by atomic mass is 16.5. The number of ether oxygens (including phenoxy) is 1. The van der Waals surface area contributed by atoms with Crippen molar-refractivity contribution in [1.82, 2.24) is 10.6 Å². The lowest BCUT2D eigenvalue weighted by molar-refractivity contribution is -0.127. The van der Waals surface area contributed by atoms with Crippen molar-refractivity contribution in [2.24, 2.45) is 0 Å². The molecule has 0 fully saturated rings. The average Bonchev–Trinajstić information content (AvgIpc) is 2.49. The third kappa shape index (κ3) is 6.79. The fraction of sp³-hybridized carbons (Fsp3) is 0.500. The van der Waals surface area contributed by atoms with Gasteiger partial charge in [0.15, 0.2) is 6.61 Å². The minimum absolute atomic E-state index is 0.0196. The van der Waals surface area contributed by atoms with Gasteiger partial charge in [0.2, 0.25) is 5.91 Å². The molecule has 0 aliphatic rings. The molecule has 0 heterocycles. The Morgan fingerprint density at radius 1 is 1.19 bits per heavy atom. The van der Waals surface area contributed by atoms with Crippen molar-refractivity contribution in [2.75, 3.05) is 19.7 Å². The molecule has 2 N–H and O–H groups in total. The van der Waals surface area contributed by atoms with Crippen molar-refractivity contribution in [3.63, 3.8) is 0 Å². The molecule has 1 aromatic carbocycles. The summed E-state index contributed by atoms with van der Waals surface area (Å²) in [6, 6.07) is 7.66. The van der Waals surface area contributed by atoms with E-state index in [4.69, 9.17) is 4.74 Å². The number of hydrogen-bond donors (Lipinski definition) is 2. The molecule has 0 radical (unpaired) electrons. The first kappa shape index (κ1) is 17.0. The Morgan fingerprint density at radius 3 is 2.62 bits per heavy atom. The van der Waals surface area contributed by atoms with Crippen LogP contribution < -0.4 is 15.4 Å². The van der Waals surface area contributed by atoms with Crippen molar-refractivity contribution in [3.8, 4) is 5.75 Å². The molecular weight excluding hydrogens is 268 g/mol. The molecule has 0 aromatic heterocycles. The zero-order valence-corrected chi connectivity index (χ0v) is 12.9. The molecule has 0 aliphatic heterocycles. The minimum Gasteiger partial charge on any atom is -0.484 e. The summed E-state index contributed by atoms with van der Waals surface area (Å²) in [5.41, 5.74) is 1.16. The molecule has 0 spiro atoms. The van der Waals surface area contributed by atoms with E-state index in [-0.39, 0.29) is 25.0 Å². The number of nitrogens with one attached hydrogen (secondary N) is 2. The molecule has 0 aliphatic carbocycles.